The average Bonchev–Trinajstić information content (AvgIpc) is 2.92. The molecule has 0 aromatic heterocycles. The molecule has 3 aromatic rings. The van der Waals surface area contributed by atoms with Crippen molar-refractivity contribution in [3.8, 4) is 11.5 Å². The van der Waals surface area contributed by atoms with Crippen LogP contribution in [0, 0.1) is 0 Å². The molecule has 1 heterocycles. The Morgan fingerprint density at radius 2 is 1.31 bits per heavy atom. The Bertz CT molecular complexity index is 1080. The van der Waals surface area contributed by atoms with Gasteiger partial charge in [-0.1, -0.05) is 18.2 Å². The van der Waals surface area contributed by atoms with Gasteiger partial charge in [0, 0.05) is 30.0 Å². The summed E-state index contributed by atoms with van der Waals surface area (Å²) in [6.07, 6.45) is 3.33. The van der Waals surface area contributed by atoms with E-state index in [1.165, 1.54) is 6.42 Å². The van der Waals surface area contributed by atoms with Gasteiger partial charge >= 0.3 is 0 Å². The van der Waals surface area contributed by atoms with Gasteiger partial charge in [-0.2, -0.15) is 0 Å². The minimum atomic E-state index is -0.164. The van der Waals surface area contributed by atoms with Crippen molar-refractivity contribution in [2.75, 3.05) is 43.5 Å². The Morgan fingerprint density at radius 3 is 1.97 bits per heavy atom. The number of anilines is 2. The van der Waals surface area contributed by atoms with E-state index >= 15 is 0 Å². The first-order valence-corrected chi connectivity index (χ1v) is 12.0. The van der Waals surface area contributed by atoms with Gasteiger partial charge in [0.25, 0.3) is 5.91 Å². The quantitative estimate of drug-likeness (QED) is 0.413. The molecular formula is C28H31N3O4. The molecule has 0 radical (unpaired) electrons. The van der Waals surface area contributed by atoms with Gasteiger partial charge in [-0.3, -0.25) is 9.59 Å². The van der Waals surface area contributed by atoms with Crippen LogP contribution < -0.4 is 20.1 Å². The van der Waals surface area contributed by atoms with Gasteiger partial charge < -0.3 is 25.0 Å². The zero-order valence-electron chi connectivity index (χ0n) is 19.7. The van der Waals surface area contributed by atoms with Crippen molar-refractivity contribution in [1.29, 1.82) is 0 Å². The summed E-state index contributed by atoms with van der Waals surface area (Å²) in [5, 5.41) is 5.95. The molecular weight excluding hydrogens is 442 g/mol. The van der Waals surface area contributed by atoms with Gasteiger partial charge in [-0.05, 0) is 79.9 Å². The van der Waals surface area contributed by atoms with Crippen LogP contribution in [0.4, 0.5) is 11.4 Å². The fourth-order valence-corrected chi connectivity index (χ4v) is 3.87. The van der Waals surface area contributed by atoms with E-state index in [9.17, 15) is 9.59 Å². The zero-order valence-corrected chi connectivity index (χ0v) is 19.7. The Balaban J connectivity index is 1.16. The third kappa shape index (κ3) is 7.50. The van der Waals surface area contributed by atoms with E-state index in [1.807, 2.05) is 59.5 Å². The Labute approximate surface area is 206 Å². The summed E-state index contributed by atoms with van der Waals surface area (Å²) in [5.41, 5.74) is 2.15. The molecule has 0 atom stereocenters. The standard InChI is InChI=1S/C28H31N3O4/c32-27(21-29-23-11-9-22(10-12-23)28(33)31-17-5-2-6-18-31)30-24-13-15-26(16-14-24)35-20-19-34-25-7-3-1-4-8-25/h1,3-4,7-16,29H,2,5-6,17-21H2,(H,30,32). The van der Waals surface area contributed by atoms with Crippen LogP contribution in [0.5, 0.6) is 11.5 Å². The second-order valence-corrected chi connectivity index (χ2v) is 8.37. The van der Waals surface area contributed by atoms with Crippen molar-refractivity contribution in [1.82, 2.24) is 4.90 Å². The molecule has 7 nitrogen and oxygen atoms in total. The summed E-state index contributed by atoms with van der Waals surface area (Å²) in [6.45, 7) is 2.65. The highest BCUT2D eigenvalue weighted by Crippen LogP contribution is 2.17. The van der Waals surface area contributed by atoms with Crippen LogP contribution in [-0.2, 0) is 4.79 Å². The lowest BCUT2D eigenvalue weighted by Gasteiger charge is -2.26. The molecule has 7 heteroatoms. The van der Waals surface area contributed by atoms with Crippen molar-refractivity contribution in [3.63, 3.8) is 0 Å². The maximum atomic E-state index is 12.6. The van der Waals surface area contributed by atoms with Crippen LogP contribution in [0.1, 0.15) is 29.6 Å². The molecule has 0 aliphatic carbocycles. The summed E-state index contributed by atoms with van der Waals surface area (Å²) in [6, 6.07) is 24.1. The predicted octanol–water partition coefficient (Wildman–Crippen LogP) is 4.82. The second kappa shape index (κ2) is 12.5. The van der Waals surface area contributed by atoms with Gasteiger partial charge in [-0.25, -0.2) is 0 Å². The SMILES string of the molecule is O=C(CNc1ccc(C(=O)N2CCCCC2)cc1)Nc1ccc(OCCOc2ccccc2)cc1. The molecule has 3 aromatic carbocycles. The number of nitrogens with zero attached hydrogens (tertiary/aromatic N) is 1. The van der Waals surface area contributed by atoms with E-state index in [1.54, 1.807) is 24.3 Å². The molecule has 182 valence electrons. The third-order valence-corrected chi connectivity index (χ3v) is 5.73. The molecule has 35 heavy (non-hydrogen) atoms. The van der Waals surface area contributed by atoms with Crippen molar-refractivity contribution >= 4 is 23.2 Å². The van der Waals surface area contributed by atoms with E-state index < -0.39 is 0 Å². The van der Waals surface area contributed by atoms with Crippen molar-refractivity contribution in [2.24, 2.45) is 0 Å². The molecule has 1 aliphatic heterocycles. The van der Waals surface area contributed by atoms with E-state index in [0.717, 1.165) is 37.4 Å². The Hall–Kier alpha value is -4.00. The number of amides is 2. The molecule has 2 amide bonds. The number of hydrogen-bond acceptors (Lipinski definition) is 5. The summed E-state index contributed by atoms with van der Waals surface area (Å²) < 4.78 is 11.3. The van der Waals surface area contributed by atoms with Gasteiger partial charge in [0.15, 0.2) is 0 Å². The van der Waals surface area contributed by atoms with Gasteiger partial charge in [0.2, 0.25) is 5.91 Å². The number of nitrogens with one attached hydrogen (secondary N) is 2. The first-order chi connectivity index (χ1) is 17.2. The number of piperidine rings is 1. The monoisotopic (exact) mass is 473 g/mol. The van der Waals surface area contributed by atoms with Crippen molar-refractivity contribution < 1.29 is 19.1 Å². The lowest BCUT2D eigenvalue weighted by Crippen LogP contribution is -2.35. The van der Waals surface area contributed by atoms with E-state index in [-0.39, 0.29) is 18.4 Å². The molecule has 1 fully saturated rings. The Morgan fingerprint density at radius 1 is 0.714 bits per heavy atom. The summed E-state index contributed by atoms with van der Waals surface area (Å²) in [5.74, 6) is 1.43. The topological polar surface area (TPSA) is 79.9 Å². The molecule has 0 unspecified atom stereocenters. The average molecular weight is 474 g/mol. The van der Waals surface area contributed by atoms with Crippen LogP contribution in [0.25, 0.3) is 0 Å². The van der Waals surface area contributed by atoms with Gasteiger partial charge in [0.05, 0.1) is 6.54 Å². The first-order valence-electron chi connectivity index (χ1n) is 12.0. The third-order valence-electron chi connectivity index (χ3n) is 5.73. The minimum absolute atomic E-state index is 0.0742. The molecule has 0 spiro atoms. The fraction of sp³-hybridized carbons (Fsp3) is 0.286. The van der Waals surface area contributed by atoms with Gasteiger partial charge in [-0.15, -0.1) is 0 Å². The van der Waals surface area contributed by atoms with E-state index in [2.05, 4.69) is 10.6 Å². The smallest absolute Gasteiger partial charge is 0.253 e. The highest BCUT2D eigenvalue weighted by molar-refractivity contribution is 5.95. The maximum absolute atomic E-state index is 12.6. The van der Waals surface area contributed by atoms with Crippen LogP contribution in [0.2, 0.25) is 0 Å². The summed E-state index contributed by atoms with van der Waals surface area (Å²) in [7, 11) is 0. The number of rotatable bonds is 10. The molecule has 4 rings (SSSR count). The van der Waals surface area contributed by atoms with Crippen molar-refractivity contribution in [2.45, 2.75) is 19.3 Å². The van der Waals surface area contributed by atoms with Gasteiger partial charge in [0.1, 0.15) is 24.7 Å². The Kier molecular flexibility index (Phi) is 8.59. The highest BCUT2D eigenvalue weighted by atomic mass is 16.5. The van der Waals surface area contributed by atoms with Crippen LogP contribution in [0.15, 0.2) is 78.9 Å². The minimum Gasteiger partial charge on any atom is -0.490 e. The van der Waals surface area contributed by atoms with E-state index in [0.29, 0.717) is 30.2 Å². The maximum Gasteiger partial charge on any atom is 0.253 e. The number of para-hydroxylation sites is 1. The zero-order chi connectivity index (χ0) is 24.3. The fourth-order valence-electron chi connectivity index (χ4n) is 3.87. The normalized spacial score (nSPS) is 13.1. The number of carbonyl (C=O) groups excluding carboxylic acids is 2. The molecule has 1 aliphatic rings. The molecule has 2 N–H and O–H groups in total. The van der Waals surface area contributed by atoms with Crippen LogP contribution in [-0.4, -0.2) is 49.6 Å². The van der Waals surface area contributed by atoms with Crippen LogP contribution >= 0.6 is 0 Å². The lowest BCUT2D eigenvalue weighted by molar-refractivity contribution is -0.114. The van der Waals surface area contributed by atoms with Crippen molar-refractivity contribution in [3.05, 3.63) is 84.4 Å². The lowest BCUT2D eigenvalue weighted by atomic mass is 10.1. The van der Waals surface area contributed by atoms with Crippen LogP contribution in [0.3, 0.4) is 0 Å². The molecule has 1 saturated heterocycles. The second-order valence-electron chi connectivity index (χ2n) is 8.37. The number of benzene rings is 3. The number of ether oxygens (including phenoxy) is 2. The highest BCUT2D eigenvalue weighted by Gasteiger charge is 2.17. The number of likely N-dealkylation sites (tertiary alicyclic amines) is 1. The summed E-state index contributed by atoms with van der Waals surface area (Å²) >= 11 is 0. The van der Waals surface area contributed by atoms with E-state index in [4.69, 9.17) is 9.47 Å². The number of carbonyl (C=O) groups is 2. The molecule has 0 bridgehead atoms. The first kappa shape index (κ1) is 24.1. The summed E-state index contributed by atoms with van der Waals surface area (Å²) in [4.78, 5) is 26.8. The number of hydrogen-bond donors (Lipinski definition) is 2. The molecule has 0 saturated carbocycles. The predicted molar refractivity (Wildman–Crippen MR) is 137 cm³/mol. The largest absolute Gasteiger partial charge is 0.490 e.